The Morgan fingerprint density at radius 1 is 1.11 bits per heavy atom. The summed E-state index contributed by atoms with van der Waals surface area (Å²) < 4.78 is 12.2. The third kappa shape index (κ3) is 5.64. The number of carbonyl (C=O) groups excluding carboxylic acids is 3. The molecule has 0 aromatic heterocycles. The first kappa shape index (κ1) is 27.5. The molecule has 3 aliphatic heterocycles. The summed E-state index contributed by atoms with van der Waals surface area (Å²) in [5.41, 5.74) is 4.58. The molecule has 0 aliphatic carbocycles. The summed E-state index contributed by atoms with van der Waals surface area (Å²) in [5.74, 6) is 0.0254. The molecule has 1 fully saturated rings. The number of amides is 1. The van der Waals surface area contributed by atoms with E-state index in [0.717, 1.165) is 61.7 Å². The predicted molar refractivity (Wildman–Crippen MR) is 143 cm³/mol. The van der Waals surface area contributed by atoms with Crippen molar-refractivity contribution in [3.05, 3.63) is 89.0 Å². The fourth-order valence-electron chi connectivity index (χ4n) is 5.50. The lowest BCUT2D eigenvalue weighted by Gasteiger charge is -2.37. The second kappa shape index (κ2) is 12.3. The van der Waals surface area contributed by atoms with Crippen LogP contribution in [0.5, 0.6) is 0 Å². The number of likely N-dealkylation sites (N-methyl/N-ethyl adjacent to an activating group) is 1. The Morgan fingerprint density at radius 2 is 1.76 bits per heavy atom. The Hall–Kier alpha value is -3.55. The van der Waals surface area contributed by atoms with E-state index in [1.807, 2.05) is 24.3 Å². The van der Waals surface area contributed by atoms with Crippen molar-refractivity contribution in [1.29, 1.82) is 0 Å². The Labute approximate surface area is 223 Å². The second-order valence-electron chi connectivity index (χ2n) is 9.79. The maximum absolute atomic E-state index is 13.1. The third-order valence-corrected chi connectivity index (χ3v) is 7.25. The molecule has 1 amide bonds. The fraction of sp³-hybridized carbons (Fsp3) is 0.400. The van der Waals surface area contributed by atoms with Crippen LogP contribution < -0.4 is 5.32 Å². The van der Waals surface area contributed by atoms with Crippen molar-refractivity contribution in [3.63, 3.8) is 0 Å². The minimum atomic E-state index is -0.706. The molecule has 2 aromatic rings. The fourth-order valence-corrected chi connectivity index (χ4v) is 5.50. The van der Waals surface area contributed by atoms with Gasteiger partial charge in [-0.2, -0.15) is 9.59 Å². The molecule has 5 rings (SSSR count). The molecule has 1 saturated heterocycles. The Morgan fingerprint density at radius 3 is 2.37 bits per heavy atom. The van der Waals surface area contributed by atoms with Crippen molar-refractivity contribution in [2.45, 2.75) is 37.6 Å². The molecule has 200 valence electrons. The Balaban J connectivity index is 0.00000107. The highest BCUT2D eigenvalue weighted by molar-refractivity contribution is 5.97. The van der Waals surface area contributed by atoms with Gasteiger partial charge in [0.25, 0.3) is 5.91 Å². The van der Waals surface area contributed by atoms with Crippen LogP contribution in [-0.2, 0) is 30.4 Å². The van der Waals surface area contributed by atoms with E-state index in [2.05, 4.69) is 59.6 Å². The van der Waals surface area contributed by atoms with Crippen molar-refractivity contribution >= 4 is 17.7 Å². The minimum absolute atomic E-state index is 0.0254. The summed E-state index contributed by atoms with van der Waals surface area (Å²) in [6.07, 6.45) is 4.89. The van der Waals surface area contributed by atoms with E-state index in [1.54, 1.807) is 19.0 Å². The summed E-state index contributed by atoms with van der Waals surface area (Å²) in [6, 6.07) is 18.9. The van der Waals surface area contributed by atoms with Crippen molar-refractivity contribution in [2.24, 2.45) is 0 Å². The number of hydrogen-bond acceptors (Lipinski definition) is 7. The van der Waals surface area contributed by atoms with Crippen molar-refractivity contribution in [3.8, 4) is 0 Å². The number of carbonyl (C=O) groups is 1. The molecule has 1 N–H and O–H groups in total. The molecule has 38 heavy (non-hydrogen) atoms. The average Bonchev–Trinajstić information content (AvgIpc) is 3.51. The number of anilines is 1. The SMILES string of the molecule is CCC1=C(C(=O)N(C)C)C2C=CC1(C(Nc1ccccc1)c1ccc(CN3CCOCC3)cc1)O2.O=C=O. The van der Waals surface area contributed by atoms with Gasteiger partial charge in [0.05, 0.1) is 24.8 Å². The van der Waals surface area contributed by atoms with Crippen LogP contribution in [0.15, 0.2) is 77.9 Å². The zero-order valence-corrected chi connectivity index (χ0v) is 22.2. The number of nitrogens with one attached hydrogen (secondary N) is 1. The largest absolute Gasteiger partial charge is 0.379 e. The van der Waals surface area contributed by atoms with Crippen LogP contribution in [0.4, 0.5) is 5.69 Å². The first-order valence-corrected chi connectivity index (χ1v) is 13.0. The molecule has 3 unspecified atom stereocenters. The summed E-state index contributed by atoms with van der Waals surface area (Å²) in [6.45, 7) is 6.57. The van der Waals surface area contributed by atoms with Crippen molar-refractivity contribution < 1.29 is 23.9 Å². The van der Waals surface area contributed by atoms with E-state index in [-0.39, 0.29) is 24.2 Å². The van der Waals surface area contributed by atoms with Crippen LogP contribution in [-0.4, -0.2) is 74.0 Å². The highest BCUT2D eigenvalue weighted by Gasteiger charge is 2.54. The average molecular weight is 518 g/mol. The molecule has 8 nitrogen and oxygen atoms in total. The topological polar surface area (TPSA) is 88.2 Å². The Kier molecular flexibility index (Phi) is 8.92. The molecular weight excluding hydrogens is 482 g/mol. The Bertz CT molecular complexity index is 1200. The van der Waals surface area contributed by atoms with Crippen LogP contribution in [0.3, 0.4) is 0 Å². The maximum atomic E-state index is 13.1. The van der Waals surface area contributed by atoms with Gasteiger partial charge in [0.1, 0.15) is 11.7 Å². The zero-order chi connectivity index (χ0) is 27.1. The van der Waals surface area contributed by atoms with Crippen LogP contribution >= 0.6 is 0 Å². The highest BCUT2D eigenvalue weighted by Crippen LogP contribution is 2.52. The van der Waals surface area contributed by atoms with Gasteiger partial charge in [0.15, 0.2) is 0 Å². The van der Waals surface area contributed by atoms with Crippen LogP contribution in [0.1, 0.15) is 30.5 Å². The summed E-state index contributed by atoms with van der Waals surface area (Å²) in [7, 11) is 3.61. The molecule has 2 aromatic carbocycles. The van der Waals surface area contributed by atoms with Gasteiger partial charge in [-0.25, -0.2) is 0 Å². The number of para-hydroxylation sites is 1. The molecule has 3 aliphatic rings. The number of nitrogens with zero attached hydrogens (tertiary/aromatic N) is 2. The van der Waals surface area contributed by atoms with Crippen molar-refractivity contribution in [2.75, 3.05) is 45.7 Å². The molecule has 2 bridgehead atoms. The second-order valence-corrected chi connectivity index (χ2v) is 9.79. The van der Waals surface area contributed by atoms with Gasteiger partial charge in [-0.3, -0.25) is 9.69 Å². The molecule has 0 radical (unpaired) electrons. The molecule has 8 heteroatoms. The van der Waals surface area contributed by atoms with E-state index >= 15 is 0 Å². The predicted octanol–water partition coefficient (Wildman–Crippen LogP) is 3.59. The van der Waals surface area contributed by atoms with Crippen LogP contribution in [0, 0.1) is 0 Å². The van der Waals surface area contributed by atoms with Gasteiger partial charge in [0, 0.05) is 39.4 Å². The highest BCUT2D eigenvalue weighted by atomic mass is 16.5. The molecule has 0 saturated carbocycles. The van der Waals surface area contributed by atoms with E-state index in [9.17, 15) is 4.79 Å². The standard InChI is InChI=1S/C29H35N3O3.CO2/c1-4-24-26(28(33)31(2)3)25-14-15-29(24,35-25)27(30-23-8-6-5-7-9-23)22-12-10-21(11-13-22)20-32-16-18-34-19-17-32;2-1-3/h5-15,25,27,30H,4,16-20H2,1-3H3;. The molecular formula is C30H35N3O5. The molecule has 0 spiro atoms. The first-order valence-electron chi connectivity index (χ1n) is 13.0. The van der Waals surface area contributed by atoms with E-state index in [1.165, 1.54) is 5.56 Å². The van der Waals surface area contributed by atoms with E-state index in [4.69, 9.17) is 19.1 Å². The van der Waals surface area contributed by atoms with Crippen LogP contribution in [0.2, 0.25) is 0 Å². The number of fused-ring (bicyclic) bond motifs is 2. The molecule has 3 heterocycles. The van der Waals surface area contributed by atoms with Gasteiger partial charge in [0.2, 0.25) is 0 Å². The van der Waals surface area contributed by atoms with Gasteiger partial charge >= 0.3 is 6.15 Å². The third-order valence-electron chi connectivity index (χ3n) is 7.25. The number of benzene rings is 2. The minimum Gasteiger partial charge on any atom is -0.379 e. The van der Waals surface area contributed by atoms with Gasteiger partial charge in [-0.15, -0.1) is 0 Å². The number of ether oxygens (including phenoxy) is 2. The summed E-state index contributed by atoms with van der Waals surface area (Å²) >= 11 is 0. The summed E-state index contributed by atoms with van der Waals surface area (Å²) in [4.78, 5) is 33.4. The molecule has 3 atom stereocenters. The number of rotatable bonds is 8. The normalized spacial score (nSPS) is 22.9. The smallest absolute Gasteiger partial charge is 0.373 e. The van der Waals surface area contributed by atoms with Crippen molar-refractivity contribution in [1.82, 2.24) is 9.80 Å². The monoisotopic (exact) mass is 517 g/mol. The first-order chi connectivity index (χ1) is 18.4. The lowest BCUT2D eigenvalue weighted by molar-refractivity contribution is -0.191. The quantitative estimate of drug-likeness (QED) is 0.536. The van der Waals surface area contributed by atoms with Crippen LogP contribution in [0.25, 0.3) is 0 Å². The lowest BCUT2D eigenvalue weighted by atomic mass is 9.77. The zero-order valence-electron chi connectivity index (χ0n) is 22.2. The maximum Gasteiger partial charge on any atom is 0.373 e. The van der Waals surface area contributed by atoms with Gasteiger partial charge in [-0.05, 0) is 41.3 Å². The van der Waals surface area contributed by atoms with E-state index < -0.39 is 5.60 Å². The van der Waals surface area contributed by atoms with Gasteiger partial charge in [-0.1, -0.05) is 55.5 Å². The summed E-state index contributed by atoms with van der Waals surface area (Å²) in [5, 5.41) is 3.75. The van der Waals surface area contributed by atoms with Gasteiger partial charge < -0.3 is 19.7 Å². The van der Waals surface area contributed by atoms with E-state index in [0.29, 0.717) is 0 Å². The lowest BCUT2D eigenvalue weighted by Crippen LogP contribution is -2.40. The number of hydrogen-bond donors (Lipinski definition) is 1. The number of morpholine rings is 1.